The second kappa shape index (κ2) is 14.4. The summed E-state index contributed by atoms with van der Waals surface area (Å²) in [5, 5.41) is 14.7. The molecule has 3 heterocycles. The predicted molar refractivity (Wildman–Crippen MR) is 191 cm³/mol. The fourth-order valence-electron chi connectivity index (χ4n) is 6.66. The first kappa shape index (κ1) is 35.3. The number of halogens is 3. The van der Waals surface area contributed by atoms with Gasteiger partial charge in [-0.2, -0.15) is 18.2 Å². The van der Waals surface area contributed by atoms with Crippen LogP contribution in [0.2, 0.25) is 5.04 Å². The van der Waals surface area contributed by atoms with E-state index in [-0.39, 0.29) is 42.6 Å². The number of alkyl halides is 3. The molecule has 5 aromatic rings. The molecule has 50 heavy (non-hydrogen) atoms. The molecule has 12 heteroatoms. The lowest BCUT2D eigenvalue weighted by Gasteiger charge is -2.43. The van der Waals surface area contributed by atoms with E-state index in [2.05, 4.69) is 65.3 Å². The van der Waals surface area contributed by atoms with Gasteiger partial charge in [0, 0.05) is 31.1 Å². The summed E-state index contributed by atoms with van der Waals surface area (Å²) < 4.78 is 56.3. The van der Waals surface area contributed by atoms with E-state index >= 15 is 0 Å². The first-order valence-corrected chi connectivity index (χ1v) is 18.7. The van der Waals surface area contributed by atoms with Crippen molar-refractivity contribution in [1.29, 1.82) is 0 Å². The van der Waals surface area contributed by atoms with Crippen LogP contribution in [0.3, 0.4) is 0 Å². The van der Waals surface area contributed by atoms with Crippen molar-refractivity contribution in [1.82, 2.24) is 19.4 Å². The molecule has 0 aliphatic heterocycles. The molecule has 262 valence electrons. The van der Waals surface area contributed by atoms with E-state index in [1.807, 2.05) is 71.4 Å². The van der Waals surface area contributed by atoms with Gasteiger partial charge < -0.3 is 24.0 Å². The van der Waals surface area contributed by atoms with Crippen molar-refractivity contribution in [2.45, 2.75) is 57.8 Å². The van der Waals surface area contributed by atoms with E-state index in [1.165, 1.54) is 0 Å². The van der Waals surface area contributed by atoms with Gasteiger partial charge in [0.1, 0.15) is 18.3 Å². The Morgan fingerprint density at radius 3 is 2.26 bits per heavy atom. The summed E-state index contributed by atoms with van der Waals surface area (Å²) in [4.78, 5) is 13.5. The van der Waals surface area contributed by atoms with Crippen LogP contribution in [0, 0.1) is 5.92 Å². The van der Waals surface area contributed by atoms with Crippen LogP contribution < -0.4 is 20.4 Å². The van der Waals surface area contributed by atoms with Crippen molar-refractivity contribution < 1.29 is 27.4 Å². The SMILES string of the molecule is C[C@@H](Nc1nc2c(c(OCCO[Si](c3ccccc3)(c3ccccc3)C(C)(C)C)n1)C(c1ccc3nccn3c1)=C[C@H](CO)CC2)C(F)(F)F. The van der Waals surface area contributed by atoms with Crippen LogP contribution in [-0.4, -0.2) is 64.8 Å². The summed E-state index contributed by atoms with van der Waals surface area (Å²) in [7, 11) is -2.88. The monoisotopic (exact) mass is 701 g/mol. The van der Waals surface area contributed by atoms with Crippen LogP contribution in [0.5, 0.6) is 5.88 Å². The molecule has 2 N–H and O–H groups in total. The van der Waals surface area contributed by atoms with Crippen LogP contribution in [0.1, 0.15) is 50.9 Å². The number of nitrogens with zero attached hydrogens (tertiary/aromatic N) is 4. The highest BCUT2D eigenvalue weighted by molar-refractivity contribution is 6.99. The number of aromatic nitrogens is 4. The van der Waals surface area contributed by atoms with Crippen LogP contribution in [0.15, 0.2) is 97.5 Å². The van der Waals surface area contributed by atoms with Gasteiger partial charge in [-0.15, -0.1) is 0 Å². The minimum absolute atomic E-state index is 0.0828. The van der Waals surface area contributed by atoms with E-state index in [0.717, 1.165) is 34.1 Å². The number of benzene rings is 2. The van der Waals surface area contributed by atoms with Gasteiger partial charge >= 0.3 is 6.18 Å². The minimum Gasteiger partial charge on any atom is -0.475 e. The molecule has 0 bridgehead atoms. The molecule has 0 fully saturated rings. The third kappa shape index (κ3) is 7.19. The molecule has 1 aliphatic rings. The number of aliphatic hydroxyl groups is 1. The molecule has 0 unspecified atom stereocenters. The summed E-state index contributed by atoms with van der Waals surface area (Å²) in [6.45, 7) is 7.78. The summed E-state index contributed by atoms with van der Waals surface area (Å²) in [5.74, 6) is -0.244. The molecule has 8 nitrogen and oxygen atoms in total. The highest BCUT2D eigenvalue weighted by Crippen LogP contribution is 2.39. The minimum atomic E-state index is -4.51. The third-order valence-electron chi connectivity index (χ3n) is 9.20. The Hall–Kier alpha value is -4.52. The third-order valence-corrected chi connectivity index (χ3v) is 14.2. The second-order valence-corrected chi connectivity index (χ2v) is 17.9. The number of aliphatic hydroxyl groups excluding tert-OH is 1. The maximum absolute atomic E-state index is 13.7. The van der Waals surface area contributed by atoms with Gasteiger partial charge in [0.15, 0.2) is 0 Å². The zero-order chi connectivity index (χ0) is 35.5. The zero-order valence-electron chi connectivity index (χ0n) is 28.6. The number of rotatable bonds is 11. The summed E-state index contributed by atoms with van der Waals surface area (Å²) in [6.07, 6.45) is 3.88. The summed E-state index contributed by atoms with van der Waals surface area (Å²) in [5.41, 5.74) is 3.41. The van der Waals surface area contributed by atoms with E-state index < -0.39 is 20.5 Å². The van der Waals surface area contributed by atoms with Gasteiger partial charge in [-0.25, -0.2) is 9.97 Å². The maximum Gasteiger partial charge on any atom is 0.408 e. The largest absolute Gasteiger partial charge is 0.475 e. The van der Waals surface area contributed by atoms with E-state index in [0.29, 0.717) is 24.1 Å². The van der Waals surface area contributed by atoms with E-state index in [9.17, 15) is 18.3 Å². The Balaban J connectivity index is 1.39. The first-order valence-electron chi connectivity index (χ1n) is 16.8. The van der Waals surface area contributed by atoms with Crippen LogP contribution in [-0.2, 0) is 10.8 Å². The molecule has 6 rings (SSSR count). The molecular formula is C38H42F3N5O3Si. The topological polar surface area (TPSA) is 93.8 Å². The highest BCUT2D eigenvalue weighted by atomic mass is 28.4. The number of hydrogen-bond donors (Lipinski definition) is 2. The van der Waals surface area contributed by atoms with Crippen molar-refractivity contribution in [2.24, 2.45) is 5.92 Å². The number of nitrogens with one attached hydrogen (secondary N) is 1. The Kier molecular flexibility index (Phi) is 10.2. The van der Waals surface area contributed by atoms with Crippen molar-refractivity contribution >= 4 is 35.9 Å². The Morgan fingerprint density at radius 1 is 0.960 bits per heavy atom. The number of ether oxygens (including phenoxy) is 1. The summed E-state index contributed by atoms with van der Waals surface area (Å²) >= 11 is 0. The molecular weight excluding hydrogens is 660 g/mol. The number of pyridine rings is 1. The fraction of sp³-hybridized carbons (Fsp3) is 0.342. The van der Waals surface area contributed by atoms with Crippen LogP contribution in [0.4, 0.5) is 19.1 Å². The molecule has 0 saturated carbocycles. The normalized spacial score (nSPS) is 16.0. The smallest absolute Gasteiger partial charge is 0.408 e. The lowest BCUT2D eigenvalue weighted by Crippen LogP contribution is -2.66. The predicted octanol–water partition coefficient (Wildman–Crippen LogP) is 6.43. The quantitative estimate of drug-likeness (QED) is 0.121. The van der Waals surface area contributed by atoms with Gasteiger partial charge in [0.2, 0.25) is 11.8 Å². The summed E-state index contributed by atoms with van der Waals surface area (Å²) in [6, 6.07) is 22.4. The highest BCUT2D eigenvalue weighted by Gasteiger charge is 2.50. The van der Waals surface area contributed by atoms with E-state index in [1.54, 1.807) is 6.20 Å². The van der Waals surface area contributed by atoms with Gasteiger partial charge in [0.25, 0.3) is 8.32 Å². The molecule has 3 aromatic heterocycles. The second-order valence-electron chi connectivity index (χ2n) is 13.6. The van der Waals surface area contributed by atoms with Gasteiger partial charge in [-0.05, 0) is 58.4 Å². The van der Waals surface area contributed by atoms with Crippen molar-refractivity contribution in [3.05, 3.63) is 114 Å². The molecule has 0 radical (unpaired) electrons. The lowest BCUT2D eigenvalue weighted by molar-refractivity contribution is -0.138. The van der Waals surface area contributed by atoms with Crippen molar-refractivity contribution in [3.63, 3.8) is 0 Å². The molecule has 0 spiro atoms. The van der Waals surface area contributed by atoms with Crippen molar-refractivity contribution in [3.8, 4) is 5.88 Å². The van der Waals surface area contributed by atoms with Crippen molar-refractivity contribution in [2.75, 3.05) is 25.1 Å². The van der Waals surface area contributed by atoms with Crippen LogP contribution >= 0.6 is 0 Å². The Bertz CT molecular complexity index is 1910. The number of fused-ring (bicyclic) bond motifs is 2. The number of hydrogen-bond acceptors (Lipinski definition) is 7. The Morgan fingerprint density at radius 2 is 1.64 bits per heavy atom. The van der Waals surface area contributed by atoms with Gasteiger partial charge in [-0.1, -0.05) is 87.5 Å². The Labute approximate surface area is 291 Å². The molecule has 0 saturated heterocycles. The zero-order valence-corrected chi connectivity index (χ0v) is 29.6. The van der Waals surface area contributed by atoms with Gasteiger partial charge in [0.05, 0.1) is 17.9 Å². The standard InChI is InChI=1S/C38H42F3N5O3Si/c1-26(38(39,40)41)43-36-44-32-17-15-27(25-47)23-31(28-16-18-33-42-19-20-46(33)24-28)34(32)35(45-36)48-21-22-49-50(37(2,3)4,29-11-7-5-8-12-29)30-13-9-6-10-14-30/h5-14,16,18-20,23-24,26-27,47H,15,17,21-22,25H2,1-4H3,(H,43,44,45)/t26-,27-/m1/s1. The average Bonchev–Trinajstić information content (AvgIpc) is 3.48. The average molecular weight is 702 g/mol. The number of imidazole rings is 1. The fourth-order valence-corrected chi connectivity index (χ4v) is 11.2. The molecule has 0 amide bonds. The number of anilines is 1. The maximum atomic E-state index is 13.7. The first-order chi connectivity index (χ1) is 23.9. The molecule has 1 aliphatic carbocycles. The number of aryl methyl sites for hydroxylation is 1. The van der Waals surface area contributed by atoms with Crippen LogP contribution in [0.25, 0.3) is 11.2 Å². The molecule has 2 atom stereocenters. The molecule has 2 aromatic carbocycles. The van der Waals surface area contributed by atoms with Gasteiger partial charge in [-0.3, -0.25) is 0 Å². The lowest BCUT2D eigenvalue weighted by atomic mass is 9.97. The van der Waals surface area contributed by atoms with E-state index in [4.69, 9.17) is 9.16 Å².